The molecular formula is C19H21N5O. The molecular weight excluding hydrogens is 314 g/mol. The molecule has 25 heavy (non-hydrogen) atoms. The van der Waals surface area contributed by atoms with Crippen molar-refractivity contribution in [3.63, 3.8) is 0 Å². The standard InChI is InChI=1S/C19H21N5O/c1-14(11-12-16-7-4-3-5-8-16)20-19(25)17-9-6-10-18(13-17)24-15(2)21-22-23-24/h3-10,13-14H,11-12H2,1-2H3,(H,20,25)/t14-/m0/s1. The Balaban J connectivity index is 1.62. The molecule has 1 heterocycles. The van der Waals surface area contributed by atoms with E-state index in [1.54, 1.807) is 16.8 Å². The van der Waals surface area contributed by atoms with Crippen LogP contribution in [0.3, 0.4) is 0 Å². The van der Waals surface area contributed by atoms with Crippen LogP contribution in [0.1, 0.15) is 35.1 Å². The van der Waals surface area contributed by atoms with E-state index in [1.165, 1.54) is 5.56 Å². The zero-order chi connectivity index (χ0) is 17.6. The number of aromatic nitrogens is 4. The van der Waals surface area contributed by atoms with Gasteiger partial charge in [0.1, 0.15) is 0 Å². The van der Waals surface area contributed by atoms with Crippen LogP contribution in [0.15, 0.2) is 54.6 Å². The number of hydrogen-bond acceptors (Lipinski definition) is 4. The molecule has 0 aliphatic rings. The zero-order valence-corrected chi connectivity index (χ0v) is 14.4. The van der Waals surface area contributed by atoms with Crippen molar-refractivity contribution in [3.05, 3.63) is 71.5 Å². The summed E-state index contributed by atoms with van der Waals surface area (Å²) in [7, 11) is 0. The smallest absolute Gasteiger partial charge is 0.251 e. The number of benzene rings is 2. The van der Waals surface area contributed by atoms with Crippen LogP contribution in [0.5, 0.6) is 0 Å². The minimum atomic E-state index is -0.0897. The van der Waals surface area contributed by atoms with Crippen molar-refractivity contribution in [3.8, 4) is 5.69 Å². The van der Waals surface area contributed by atoms with E-state index < -0.39 is 0 Å². The van der Waals surface area contributed by atoms with Crippen molar-refractivity contribution in [2.45, 2.75) is 32.7 Å². The third-order valence-corrected chi connectivity index (χ3v) is 4.06. The average molecular weight is 335 g/mol. The van der Waals surface area contributed by atoms with E-state index >= 15 is 0 Å². The molecule has 1 N–H and O–H groups in total. The van der Waals surface area contributed by atoms with Gasteiger partial charge in [0.2, 0.25) is 0 Å². The number of nitrogens with one attached hydrogen (secondary N) is 1. The molecule has 0 fully saturated rings. The number of amides is 1. The Kier molecular flexibility index (Phi) is 5.18. The largest absolute Gasteiger partial charge is 0.350 e. The van der Waals surface area contributed by atoms with E-state index in [1.807, 2.05) is 44.2 Å². The molecule has 3 rings (SSSR count). The monoisotopic (exact) mass is 335 g/mol. The van der Waals surface area contributed by atoms with E-state index in [0.717, 1.165) is 18.5 Å². The third kappa shape index (κ3) is 4.29. The van der Waals surface area contributed by atoms with Gasteiger partial charge in [0.15, 0.2) is 5.82 Å². The van der Waals surface area contributed by atoms with Crippen LogP contribution in [0.2, 0.25) is 0 Å². The molecule has 2 aromatic carbocycles. The summed E-state index contributed by atoms with van der Waals surface area (Å²) in [6.45, 7) is 3.84. The number of nitrogens with zero attached hydrogens (tertiary/aromatic N) is 4. The van der Waals surface area contributed by atoms with Crippen molar-refractivity contribution in [1.82, 2.24) is 25.5 Å². The Labute approximate surface area is 146 Å². The molecule has 0 saturated carbocycles. The summed E-state index contributed by atoms with van der Waals surface area (Å²) in [6, 6.07) is 17.7. The predicted molar refractivity (Wildman–Crippen MR) is 95.6 cm³/mol. The molecule has 1 atom stereocenters. The first kappa shape index (κ1) is 16.8. The molecule has 1 aromatic heterocycles. The van der Waals surface area contributed by atoms with Crippen LogP contribution in [-0.4, -0.2) is 32.2 Å². The first-order valence-electron chi connectivity index (χ1n) is 8.33. The van der Waals surface area contributed by atoms with Gasteiger partial charge in [-0.15, -0.1) is 5.10 Å². The van der Waals surface area contributed by atoms with E-state index in [0.29, 0.717) is 11.4 Å². The van der Waals surface area contributed by atoms with Gasteiger partial charge in [-0.2, -0.15) is 4.68 Å². The fourth-order valence-corrected chi connectivity index (χ4v) is 2.66. The predicted octanol–water partition coefficient (Wildman–Crippen LogP) is 2.72. The van der Waals surface area contributed by atoms with Crippen LogP contribution >= 0.6 is 0 Å². The summed E-state index contributed by atoms with van der Waals surface area (Å²) in [6.07, 6.45) is 1.83. The summed E-state index contributed by atoms with van der Waals surface area (Å²) in [5, 5.41) is 14.5. The second kappa shape index (κ2) is 7.70. The molecule has 6 nitrogen and oxygen atoms in total. The summed E-state index contributed by atoms with van der Waals surface area (Å²) in [5.41, 5.74) is 2.64. The van der Waals surface area contributed by atoms with E-state index in [4.69, 9.17) is 0 Å². The maximum absolute atomic E-state index is 12.5. The van der Waals surface area contributed by atoms with Gasteiger partial charge in [0.25, 0.3) is 5.91 Å². The summed E-state index contributed by atoms with van der Waals surface area (Å²) in [4.78, 5) is 12.5. The van der Waals surface area contributed by atoms with Gasteiger partial charge in [0, 0.05) is 11.6 Å². The van der Waals surface area contributed by atoms with Crippen molar-refractivity contribution >= 4 is 5.91 Å². The van der Waals surface area contributed by atoms with Crippen molar-refractivity contribution in [2.75, 3.05) is 0 Å². The Bertz CT molecular complexity index is 844. The van der Waals surface area contributed by atoms with Gasteiger partial charge in [0.05, 0.1) is 5.69 Å². The summed E-state index contributed by atoms with van der Waals surface area (Å²) < 4.78 is 1.61. The molecule has 0 saturated heterocycles. The number of aryl methyl sites for hydroxylation is 2. The van der Waals surface area contributed by atoms with Gasteiger partial charge < -0.3 is 5.32 Å². The SMILES string of the molecule is Cc1nnnn1-c1cccc(C(=O)N[C@@H](C)CCc2ccccc2)c1. The van der Waals surface area contributed by atoms with Crippen LogP contribution in [0.4, 0.5) is 0 Å². The highest BCUT2D eigenvalue weighted by atomic mass is 16.1. The normalized spacial score (nSPS) is 11.9. The Morgan fingerprint density at radius 3 is 2.68 bits per heavy atom. The first-order chi connectivity index (χ1) is 12.1. The minimum absolute atomic E-state index is 0.0890. The van der Waals surface area contributed by atoms with Crippen molar-refractivity contribution in [1.29, 1.82) is 0 Å². The van der Waals surface area contributed by atoms with Crippen LogP contribution in [0, 0.1) is 6.92 Å². The fourth-order valence-electron chi connectivity index (χ4n) is 2.66. The lowest BCUT2D eigenvalue weighted by Gasteiger charge is -2.14. The zero-order valence-electron chi connectivity index (χ0n) is 14.4. The number of carbonyl (C=O) groups is 1. The van der Waals surface area contributed by atoms with Crippen LogP contribution < -0.4 is 5.32 Å². The minimum Gasteiger partial charge on any atom is -0.350 e. The number of rotatable bonds is 6. The highest BCUT2D eigenvalue weighted by Gasteiger charge is 2.12. The number of tetrazole rings is 1. The highest BCUT2D eigenvalue weighted by molar-refractivity contribution is 5.94. The number of carbonyl (C=O) groups excluding carboxylic acids is 1. The lowest BCUT2D eigenvalue weighted by atomic mass is 10.1. The van der Waals surface area contributed by atoms with Crippen LogP contribution in [-0.2, 0) is 6.42 Å². The third-order valence-electron chi connectivity index (χ3n) is 4.06. The maximum atomic E-state index is 12.5. The van der Waals surface area contributed by atoms with Gasteiger partial charge in [-0.3, -0.25) is 4.79 Å². The first-order valence-corrected chi connectivity index (χ1v) is 8.33. The molecule has 0 aliphatic carbocycles. The highest BCUT2D eigenvalue weighted by Crippen LogP contribution is 2.11. The second-order valence-corrected chi connectivity index (χ2v) is 6.09. The lowest BCUT2D eigenvalue weighted by Crippen LogP contribution is -2.32. The Hall–Kier alpha value is -3.02. The molecule has 0 unspecified atom stereocenters. The Morgan fingerprint density at radius 1 is 1.16 bits per heavy atom. The molecule has 0 aliphatic heterocycles. The van der Waals surface area contributed by atoms with E-state index in [-0.39, 0.29) is 11.9 Å². The van der Waals surface area contributed by atoms with Gasteiger partial charge in [-0.1, -0.05) is 36.4 Å². The van der Waals surface area contributed by atoms with Crippen LogP contribution in [0.25, 0.3) is 5.69 Å². The molecule has 3 aromatic rings. The average Bonchev–Trinajstić information content (AvgIpc) is 3.07. The quantitative estimate of drug-likeness (QED) is 0.752. The molecule has 6 heteroatoms. The maximum Gasteiger partial charge on any atom is 0.251 e. The molecule has 128 valence electrons. The molecule has 1 amide bonds. The summed E-state index contributed by atoms with van der Waals surface area (Å²) >= 11 is 0. The van der Waals surface area contributed by atoms with Gasteiger partial charge in [-0.25, -0.2) is 0 Å². The molecule has 0 radical (unpaired) electrons. The van der Waals surface area contributed by atoms with Gasteiger partial charge in [-0.05, 0) is 60.9 Å². The fraction of sp³-hybridized carbons (Fsp3) is 0.263. The molecule has 0 bridgehead atoms. The second-order valence-electron chi connectivity index (χ2n) is 6.09. The lowest BCUT2D eigenvalue weighted by molar-refractivity contribution is 0.0938. The van der Waals surface area contributed by atoms with Gasteiger partial charge >= 0.3 is 0 Å². The molecule has 0 spiro atoms. The van der Waals surface area contributed by atoms with E-state index in [9.17, 15) is 4.79 Å². The number of hydrogen-bond donors (Lipinski definition) is 1. The van der Waals surface area contributed by atoms with Crippen molar-refractivity contribution in [2.24, 2.45) is 0 Å². The topological polar surface area (TPSA) is 72.7 Å². The summed E-state index contributed by atoms with van der Waals surface area (Å²) in [5.74, 6) is 0.585. The van der Waals surface area contributed by atoms with Crippen molar-refractivity contribution < 1.29 is 4.79 Å². The van der Waals surface area contributed by atoms with E-state index in [2.05, 4.69) is 33.0 Å². The Morgan fingerprint density at radius 2 is 1.96 bits per heavy atom.